The molecular weight excluding hydrogens is 372 g/mol. The SMILES string of the molecule is CC(=O)NCCN(C)C(=O)CN1C(=O)NC(C)(c2ccc3ccccc3c2)C1=O. The van der Waals surface area contributed by atoms with E-state index in [-0.39, 0.29) is 24.9 Å². The summed E-state index contributed by atoms with van der Waals surface area (Å²) in [4.78, 5) is 51.2. The molecule has 1 aliphatic heterocycles. The number of carbonyl (C=O) groups excluding carboxylic acids is 4. The lowest BCUT2D eigenvalue weighted by molar-refractivity contribution is -0.138. The standard InChI is InChI=1S/C21H24N4O4/c1-14(26)22-10-11-24(3)18(27)13-25-19(28)21(2,23-20(25)29)17-9-8-15-6-4-5-7-16(15)12-17/h4-9,12H,10-11,13H2,1-3H3,(H,22,26)(H,23,29). The molecule has 0 spiro atoms. The van der Waals surface area contributed by atoms with Crippen molar-refractivity contribution in [2.24, 2.45) is 0 Å². The predicted octanol–water partition coefficient (Wildman–Crippen LogP) is 1.20. The van der Waals surface area contributed by atoms with Crippen LogP contribution in [0.15, 0.2) is 42.5 Å². The largest absolute Gasteiger partial charge is 0.355 e. The first-order valence-corrected chi connectivity index (χ1v) is 9.34. The lowest BCUT2D eigenvalue weighted by Crippen LogP contribution is -2.45. The average Bonchev–Trinajstić information content (AvgIpc) is 2.91. The van der Waals surface area contributed by atoms with Gasteiger partial charge in [-0.1, -0.05) is 36.4 Å². The fourth-order valence-corrected chi connectivity index (χ4v) is 3.32. The first kappa shape index (κ1) is 20.3. The van der Waals surface area contributed by atoms with E-state index >= 15 is 0 Å². The van der Waals surface area contributed by atoms with Gasteiger partial charge in [0, 0.05) is 27.1 Å². The molecule has 1 saturated heterocycles. The van der Waals surface area contributed by atoms with Crippen LogP contribution in [0.1, 0.15) is 19.4 Å². The van der Waals surface area contributed by atoms with Gasteiger partial charge in [0.25, 0.3) is 5.91 Å². The van der Waals surface area contributed by atoms with Gasteiger partial charge < -0.3 is 15.5 Å². The van der Waals surface area contributed by atoms with Crippen LogP contribution in [0, 0.1) is 0 Å². The number of amides is 5. The van der Waals surface area contributed by atoms with Gasteiger partial charge in [-0.2, -0.15) is 0 Å². The van der Waals surface area contributed by atoms with Crippen molar-refractivity contribution < 1.29 is 19.2 Å². The molecule has 1 aliphatic rings. The van der Waals surface area contributed by atoms with E-state index in [0.29, 0.717) is 12.1 Å². The van der Waals surface area contributed by atoms with Crippen LogP contribution in [0.25, 0.3) is 10.8 Å². The molecule has 0 saturated carbocycles. The Morgan fingerprint density at radius 2 is 1.83 bits per heavy atom. The second kappa shape index (κ2) is 7.90. The summed E-state index contributed by atoms with van der Waals surface area (Å²) in [5.74, 6) is -1.05. The van der Waals surface area contributed by atoms with E-state index in [4.69, 9.17) is 0 Å². The Kier molecular flexibility index (Phi) is 5.54. The molecule has 1 heterocycles. The van der Waals surface area contributed by atoms with Gasteiger partial charge in [-0.15, -0.1) is 0 Å². The van der Waals surface area contributed by atoms with Crippen molar-refractivity contribution in [2.45, 2.75) is 19.4 Å². The van der Waals surface area contributed by atoms with Gasteiger partial charge in [-0.05, 0) is 29.3 Å². The molecule has 1 fully saturated rings. The van der Waals surface area contributed by atoms with Crippen molar-refractivity contribution in [3.8, 4) is 0 Å². The molecule has 2 aromatic rings. The lowest BCUT2D eigenvalue weighted by atomic mass is 9.90. The molecule has 1 unspecified atom stereocenters. The van der Waals surface area contributed by atoms with Gasteiger partial charge in [-0.3, -0.25) is 19.3 Å². The van der Waals surface area contributed by atoms with E-state index < -0.39 is 17.5 Å². The molecule has 0 bridgehead atoms. The maximum Gasteiger partial charge on any atom is 0.325 e. The number of urea groups is 1. The molecule has 0 aromatic heterocycles. The molecule has 0 radical (unpaired) electrons. The van der Waals surface area contributed by atoms with Gasteiger partial charge in [0.2, 0.25) is 11.8 Å². The zero-order valence-electron chi connectivity index (χ0n) is 16.7. The highest BCUT2D eigenvalue weighted by atomic mass is 16.2. The molecule has 2 aromatic carbocycles. The topological polar surface area (TPSA) is 98.8 Å². The van der Waals surface area contributed by atoms with Gasteiger partial charge in [0.1, 0.15) is 12.1 Å². The predicted molar refractivity (Wildman–Crippen MR) is 108 cm³/mol. The summed E-state index contributed by atoms with van der Waals surface area (Å²) in [5, 5.41) is 7.31. The first-order chi connectivity index (χ1) is 13.7. The second-order valence-corrected chi connectivity index (χ2v) is 7.31. The smallest absolute Gasteiger partial charge is 0.325 e. The summed E-state index contributed by atoms with van der Waals surface area (Å²) in [6.07, 6.45) is 0. The molecule has 29 heavy (non-hydrogen) atoms. The van der Waals surface area contributed by atoms with Crippen LogP contribution in [0.3, 0.4) is 0 Å². The highest BCUT2D eigenvalue weighted by Crippen LogP contribution is 2.31. The molecule has 1 atom stereocenters. The monoisotopic (exact) mass is 396 g/mol. The van der Waals surface area contributed by atoms with Crippen molar-refractivity contribution >= 4 is 34.5 Å². The van der Waals surface area contributed by atoms with Gasteiger partial charge in [0.15, 0.2) is 0 Å². The minimum absolute atomic E-state index is 0.189. The van der Waals surface area contributed by atoms with Crippen molar-refractivity contribution in [1.29, 1.82) is 0 Å². The lowest BCUT2D eigenvalue weighted by Gasteiger charge is -2.23. The van der Waals surface area contributed by atoms with E-state index in [2.05, 4.69) is 10.6 Å². The molecule has 0 aliphatic carbocycles. The van der Waals surface area contributed by atoms with Crippen molar-refractivity contribution in [1.82, 2.24) is 20.4 Å². The van der Waals surface area contributed by atoms with Crippen LogP contribution in [-0.2, 0) is 19.9 Å². The first-order valence-electron chi connectivity index (χ1n) is 9.34. The van der Waals surface area contributed by atoms with Crippen LogP contribution < -0.4 is 10.6 Å². The maximum atomic E-state index is 13.1. The Morgan fingerprint density at radius 3 is 2.52 bits per heavy atom. The van der Waals surface area contributed by atoms with Crippen LogP contribution in [0.5, 0.6) is 0 Å². The highest BCUT2D eigenvalue weighted by molar-refractivity contribution is 6.09. The van der Waals surface area contributed by atoms with Gasteiger partial charge in [-0.25, -0.2) is 4.79 Å². The Bertz CT molecular complexity index is 990. The zero-order chi connectivity index (χ0) is 21.2. The number of rotatable bonds is 6. The molecule has 3 rings (SSSR count). The fraction of sp³-hybridized carbons (Fsp3) is 0.333. The van der Waals surface area contributed by atoms with E-state index in [0.717, 1.165) is 15.7 Å². The number of carbonyl (C=O) groups is 4. The second-order valence-electron chi connectivity index (χ2n) is 7.31. The van der Waals surface area contributed by atoms with E-state index in [1.807, 2.05) is 42.5 Å². The number of likely N-dealkylation sites (N-methyl/N-ethyl adjacent to an activating group) is 1. The van der Waals surface area contributed by atoms with Crippen molar-refractivity contribution in [2.75, 3.05) is 26.7 Å². The summed E-state index contributed by atoms with van der Waals surface area (Å²) >= 11 is 0. The van der Waals surface area contributed by atoms with Crippen LogP contribution >= 0.6 is 0 Å². The Labute approximate surface area is 168 Å². The van der Waals surface area contributed by atoms with E-state index in [1.54, 1.807) is 14.0 Å². The van der Waals surface area contributed by atoms with Gasteiger partial charge >= 0.3 is 6.03 Å². The summed E-state index contributed by atoms with van der Waals surface area (Å²) in [6, 6.07) is 12.7. The zero-order valence-corrected chi connectivity index (χ0v) is 16.7. The minimum atomic E-state index is -1.24. The van der Waals surface area contributed by atoms with Crippen molar-refractivity contribution in [3.05, 3.63) is 48.0 Å². The Morgan fingerprint density at radius 1 is 1.14 bits per heavy atom. The number of imide groups is 1. The molecule has 8 heteroatoms. The third kappa shape index (κ3) is 4.06. The number of fused-ring (bicyclic) bond motifs is 1. The van der Waals surface area contributed by atoms with Crippen LogP contribution in [-0.4, -0.2) is 60.2 Å². The average molecular weight is 396 g/mol. The number of nitrogens with zero attached hydrogens (tertiary/aromatic N) is 2. The summed E-state index contributed by atoms with van der Waals surface area (Å²) in [7, 11) is 1.56. The fourth-order valence-electron chi connectivity index (χ4n) is 3.32. The van der Waals surface area contributed by atoms with Gasteiger partial charge in [0.05, 0.1) is 0 Å². The van der Waals surface area contributed by atoms with E-state index in [1.165, 1.54) is 11.8 Å². The molecule has 8 nitrogen and oxygen atoms in total. The molecule has 2 N–H and O–H groups in total. The number of benzene rings is 2. The normalized spacial score (nSPS) is 18.7. The molecule has 5 amide bonds. The minimum Gasteiger partial charge on any atom is -0.355 e. The number of nitrogens with one attached hydrogen (secondary N) is 2. The third-order valence-electron chi connectivity index (χ3n) is 5.14. The third-order valence-corrected chi connectivity index (χ3v) is 5.14. The number of hydrogen-bond acceptors (Lipinski definition) is 4. The summed E-state index contributed by atoms with van der Waals surface area (Å²) in [6.45, 7) is 3.26. The maximum absolute atomic E-state index is 13.1. The number of hydrogen-bond donors (Lipinski definition) is 2. The Balaban J connectivity index is 1.74. The van der Waals surface area contributed by atoms with E-state index in [9.17, 15) is 19.2 Å². The highest BCUT2D eigenvalue weighted by Gasteiger charge is 2.49. The van der Waals surface area contributed by atoms with Crippen LogP contribution in [0.2, 0.25) is 0 Å². The summed E-state index contributed by atoms with van der Waals surface area (Å²) in [5.41, 5.74) is -0.584. The quantitative estimate of drug-likeness (QED) is 0.717. The Hall–Kier alpha value is -3.42. The van der Waals surface area contributed by atoms with Crippen LogP contribution in [0.4, 0.5) is 4.79 Å². The van der Waals surface area contributed by atoms with Crippen molar-refractivity contribution in [3.63, 3.8) is 0 Å². The molecule has 152 valence electrons. The molecular formula is C21H24N4O4. The summed E-state index contributed by atoms with van der Waals surface area (Å²) < 4.78 is 0.